The second-order valence-electron chi connectivity index (χ2n) is 9.06. The molecule has 0 heterocycles. The van der Waals surface area contributed by atoms with E-state index in [2.05, 4.69) is 122 Å². The summed E-state index contributed by atoms with van der Waals surface area (Å²) in [6.07, 6.45) is 22.2. The molecule has 3 aromatic rings. The maximum atomic E-state index is 2.40. The van der Waals surface area contributed by atoms with Gasteiger partial charge in [0.1, 0.15) is 23.2 Å². The lowest BCUT2D eigenvalue weighted by molar-refractivity contribution is -0.00000685. The number of benzene rings is 3. The van der Waals surface area contributed by atoms with Gasteiger partial charge in [0.25, 0.3) is 0 Å². The molecule has 0 aromatic heterocycles. The third-order valence-corrected chi connectivity index (χ3v) is 11.0. The molecule has 0 radical (unpaired) electrons. The quantitative estimate of drug-likeness (QED) is 0.0925. The summed E-state index contributed by atoms with van der Waals surface area (Å²) in [5.41, 5.74) is 0. The standard InChI is InChI=1S/C33H42P.HI/c1-2-3-4-5-6-7-8-9-10-11-12-13-23-30-34(31-24-17-14-18-25-31,32-26-19-15-20-27-32)33-28-21-16-22-29-33;/h9-10,12-22,24-29H,2-8,11,23,30H2,1H3;1H/q+1;/p-1/b10-9-,13-12-;. The first-order valence-electron chi connectivity index (χ1n) is 13.2. The molecule has 186 valence electrons. The van der Waals surface area contributed by atoms with Gasteiger partial charge in [-0.15, -0.1) is 0 Å². The van der Waals surface area contributed by atoms with Crippen molar-refractivity contribution in [1.82, 2.24) is 0 Å². The van der Waals surface area contributed by atoms with E-state index in [-0.39, 0.29) is 24.0 Å². The van der Waals surface area contributed by atoms with Crippen LogP contribution in [0.5, 0.6) is 0 Å². The lowest BCUT2D eigenvalue weighted by atomic mass is 10.1. The Balaban J connectivity index is 0.00000432. The largest absolute Gasteiger partial charge is 1.00 e. The highest BCUT2D eigenvalue weighted by Crippen LogP contribution is 2.55. The summed E-state index contributed by atoms with van der Waals surface area (Å²) in [5, 5.41) is 4.42. The van der Waals surface area contributed by atoms with Crippen molar-refractivity contribution in [3.8, 4) is 0 Å². The summed E-state index contributed by atoms with van der Waals surface area (Å²) in [4.78, 5) is 0. The van der Waals surface area contributed by atoms with E-state index in [4.69, 9.17) is 0 Å². The molecule has 3 aromatic carbocycles. The Labute approximate surface area is 232 Å². The van der Waals surface area contributed by atoms with Crippen molar-refractivity contribution in [3.05, 3.63) is 115 Å². The van der Waals surface area contributed by atoms with E-state index in [0.29, 0.717) is 0 Å². The summed E-state index contributed by atoms with van der Waals surface area (Å²) in [7, 11) is -1.70. The Kier molecular flexibility index (Phi) is 14.9. The van der Waals surface area contributed by atoms with Crippen molar-refractivity contribution >= 4 is 23.2 Å². The van der Waals surface area contributed by atoms with E-state index in [0.717, 1.165) is 19.0 Å². The average Bonchev–Trinajstić information content (AvgIpc) is 2.91. The van der Waals surface area contributed by atoms with Crippen LogP contribution in [0.1, 0.15) is 64.7 Å². The maximum Gasteiger partial charge on any atom is 0.112 e. The summed E-state index contributed by atoms with van der Waals surface area (Å²) in [5.74, 6) is 0. The average molecular weight is 597 g/mol. The zero-order valence-electron chi connectivity index (χ0n) is 21.4. The molecule has 0 bridgehead atoms. The molecule has 0 N–H and O–H groups in total. The van der Waals surface area contributed by atoms with Crippen molar-refractivity contribution in [2.24, 2.45) is 0 Å². The SMILES string of the molecule is CCCCCCCC/C=C\C/C=C\CC[P+](c1ccccc1)(c1ccccc1)c1ccccc1.[I-]. The van der Waals surface area contributed by atoms with Crippen LogP contribution >= 0.6 is 7.26 Å². The van der Waals surface area contributed by atoms with E-state index < -0.39 is 7.26 Å². The molecular formula is C33H42IP. The Bertz CT molecular complexity index is 867. The monoisotopic (exact) mass is 596 g/mol. The van der Waals surface area contributed by atoms with E-state index in [1.165, 1.54) is 60.9 Å². The Hall–Kier alpha value is -1.70. The van der Waals surface area contributed by atoms with Crippen LogP contribution in [0.25, 0.3) is 0 Å². The van der Waals surface area contributed by atoms with Gasteiger partial charge in [0.15, 0.2) is 0 Å². The van der Waals surface area contributed by atoms with Gasteiger partial charge in [-0.2, -0.15) is 0 Å². The summed E-state index contributed by atoms with van der Waals surface area (Å²) >= 11 is 0. The van der Waals surface area contributed by atoms with Gasteiger partial charge in [-0.05, 0) is 55.7 Å². The Morgan fingerprint density at radius 1 is 0.514 bits per heavy atom. The smallest absolute Gasteiger partial charge is 0.112 e. The highest BCUT2D eigenvalue weighted by atomic mass is 127. The Morgan fingerprint density at radius 3 is 1.43 bits per heavy atom. The van der Waals surface area contributed by atoms with Crippen LogP contribution in [-0.4, -0.2) is 6.16 Å². The lowest BCUT2D eigenvalue weighted by Crippen LogP contribution is -3.00. The van der Waals surface area contributed by atoms with Crippen molar-refractivity contribution < 1.29 is 24.0 Å². The molecule has 0 nitrogen and oxygen atoms in total. The van der Waals surface area contributed by atoms with Crippen LogP contribution < -0.4 is 39.9 Å². The molecule has 0 spiro atoms. The fourth-order valence-electron chi connectivity index (χ4n) is 4.70. The van der Waals surface area contributed by atoms with Gasteiger partial charge in [0, 0.05) is 6.42 Å². The molecule has 0 fully saturated rings. The summed E-state index contributed by atoms with van der Waals surface area (Å²) in [6, 6.07) is 33.6. The van der Waals surface area contributed by atoms with Gasteiger partial charge in [-0.25, -0.2) is 0 Å². The fourth-order valence-corrected chi connectivity index (χ4v) is 8.95. The molecule has 2 heteroatoms. The van der Waals surface area contributed by atoms with Gasteiger partial charge >= 0.3 is 0 Å². The van der Waals surface area contributed by atoms with Crippen LogP contribution in [0.15, 0.2) is 115 Å². The summed E-state index contributed by atoms with van der Waals surface area (Å²) in [6.45, 7) is 2.28. The maximum absolute atomic E-state index is 2.40. The third kappa shape index (κ3) is 9.36. The van der Waals surface area contributed by atoms with Crippen LogP contribution in [0.3, 0.4) is 0 Å². The minimum Gasteiger partial charge on any atom is -1.00 e. The number of unbranched alkanes of at least 4 members (excludes halogenated alkanes) is 6. The predicted octanol–water partition coefficient (Wildman–Crippen LogP) is 5.63. The molecule has 0 saturated heterocycles. The van der Waals surface area contributed by atoms with Gasteiger partial charge < -0.3 is 24.0 Å². The molecule has 0 amide bonds. The van der Waals surface area contributed by atoms with Crippen LogP contribution in [0.4, 0.5) is 0 Å². The molecule has 3 rings (SSSR count). The zero-order valence-corrected chi connectivity index (χ0v) is 24.4. The number of hydrogen-bond donors (Lipinski definition) is 0. The first kappa shape index (κ1) is 29.5. The zero-order chi connectivity index (χ0) is 23.7. The highest BCUT2D eigenvalue weighted by molar-refractivity contribution is 7.95. The molecule has 0 aliphatic carbocycles. The molecule has 0 aliphatic rings. The molecule has 0 unspecified atom stereocenters. The second-order valence-corrected chi connectivity index (χ2v) is 12.7. The van der Waals surface area contributed by atoms with Gasteiger partial charge in [-0.3, -0.25) is 0 Å². The van der Waals surface area contributed by atoms with Gasteiger partial charge in [-0.1, -0.05) is 118 Å². The van der Waals surface area contributed by atoms with Gasteiger partial charge in [0.2, 0.25) is 0 Å². The van der Waals surface area contributed by atoms with Crippen LogP contribution in [0, 0.1) is 0 Å². The number of allylic oxidation sites excluding steroid dienone is 4. The molecule has 35 heavy (non-hydrogen) atoms. The van der Waals surface area contributed by atoms with E-state index in [1.54, 1.807) is 0 Å². The molecule has 0 aliphatic heterocycles. The van der Waals surface area contributed by atoms with Gasteiger partial charge in [0.05, 0.1) is 6.16 Å². The Morgan fingerprint density at radius 2 is 0.943 bits per heavy atom. The number of hydrogen-bond acceptors (Lipinski definition) is 0. The van der Waals surface area contributed by atoms with Crippen molar-refractivity contribution in [1.29, 1.82) is 0 Å². The van der Waals surface area contributed by atoms with Crippen LogP contribution in [-0.2, 0) is 0 Å². The molecule has 0 atom stereocenters. The second kappa shape index (κ2) is 17.7. The number of rotatable bonds is 15. The van der Waals surface area contributed by atoms with Crippen molar-refractivity contribution in [2.75, 3.05) is 6.16 Å². The molecular weight excluding hydrogens is 554 g/mol. The van der Waals surface area contributed by atoms with E-state index >= 15 is 0 Å². The third-order valence-electron chi connectivity index (χ3n) is 6.55. The first-order valence-corrected chi connectivity index (χ1v) is 15.2. The van der Waals surface area contributed by atoms with Crippen molar-refractivity contribution in [2.45, 2.75) is 64.7 Å². The highest BCUT2D eigenvalue weighted by Gasteiger charge is 2.44. The fraction of sp³-hybridized carbons (Fsp3) is 0.333. The first-order chi connectivity index (χ1) is 16.9. The normalized spacial score (nSPS) is 11.7. The molecule has 0 saturated carbocycles. The number of halogens is 1. The topological polar surface area (TPSA) is 0 Å². The minimum absolute atomic E-state index is 0. The summed E-state index contributed by atoms with van der Waals surface area (Å²) < 4.78 is 0. The van der Waals surface area contributed by atoms with E-state index in [9.17, 15) is 0 Å². The minimum atomic E-state index is -1.70. The van der Waals surface area contributed by atoms with Crippen LogP contribution in [0.2, 0.25) is 0 Å². The predicted molar refractivity (Wildman–Crippen MR) is 156 cm³/mol. The lowest BCUT2D eigenvalue weighted by Gasteiger charge is -2.27. The van der Waals surface area contributed by atoms with Crippen molar-refractivity contribution in [3.63, 3.8) is 0 Å². The van der Waals surface area contributed by atoms with E-state index in [1.807, 2.05) is 0 Å².